The van der Waals surface area contributed by atoms with Gasteiger partial charge in [0.25, 0.3) is 0 Å². The summed E-state index contributed by atoms with van der Waals surface area (Å²) in [6, 6.07) is 20.8. The van der Waals surface area contributed by atoms with Crippen LogP contribution in [0.25, 0.3) is 0 Å². The second-order valence-corrected chi connectivity index (χ2v) is 6.36. The van der Waals surface area contributed by atoms with Gasteiger partial charge in [-0.3, -0.25) is 0 Å². The lowest BCUT2D eigenvalue weighted by atomic mass is 9.99. The summed E-state index contributed by atoms with van der Waals surface area (Å²) in [5.74, 6) is 0.398. The molecular weight excluding hydrogens is 296 g/mol. The van der Waals surface area contributed by atoms with Crippen molar-refractivity contribution in [3.63, 3.8) is 0 Å². The Morgan fingerprint density at radius 3 is 1.71 bits per heavy atom. The Hall–Kier alpha value is -2.16. The van der Waals surface area contributed by atoms with Crippen molar-refractivity contribution in [2.75, 3.05) is 0 Å². The summed E-state index contributed by atoms with van der Waals surface area (Å²) in [5.41, 5.74) is 2.34. The van der Waals surface area contributed by atoms with Crippen LogP contribution in [0.2, 0.25) is 0 Å². The van der Waals surface area contributed by atoms with Gasteiger partial charge in [-0.1, -0.05) is 85.0 Å². The van der Waals surface area contributed by atoms with Crippen LogP contribution in [-0.4, -0.2) is 6.29 Å². The molecule has 0 unspecified atom stereocenters. The maximum Gasteiger partial charge on any atom is 0.160 e. The first-order chi connectivity index (χ1) is 11.9. The minimum atomic E-state index is -0.183. The van der Waals surface area contributed by atoms with Crippen molar-refractivity contribution in [2.24, 2.45) is 5.92 Å². The maximum absolute atomic E-state index is 6.33. The van der Waals surface area contributed by atoms with Gasteiger partial charge >= 0.3 is 0 Å². The molecule has 2 atom stereocenters. The van der Waals surface area contributed by atoms with E-state index in [4.69, 9.17) is 9.47 Å². The average molecular weight is 318 g/mol. The molecule has 1 saturated heterocycles. The number of benzene rings is 2. The van der Waals surface area contributed by atoms with E-state index < -0.39 is 0 Å². The monoisotopic (exact) mass is 318 g/mol. The highest BCUT2D eigenvalue weighted by atomic mass is 16.7. The number of ether oxygens (including phenoxy) is 2. The summed E-state index contributed by atoms with van der Waals surface area (Å²) >= 11 is 0. The molecule has 0 aromatic heterocycles. The Morgan fingerprint density at radius 2 is 1.21 bits per heavy atom. The molecule has 0 saturated carbocycles. The van der Waals surface area contributed by atoms with Crippen molar-refractivity contribution >= 4 is 0 Å². The van der Waals surface area contributed by atoms with Gasteiger partial charge in [-0.25, -0.2) is 0 Å². The van der Waals surface area contributed by atoms with Gasteiger partial charge in [0.15, 0.2) is 6.29 Å². The Balaban J connectivity index is 1.57. The molecule has 122 valence electrons. The molecule has 2 nitrogen and oxygen atoms in total. The van der Waals surface area contributed by atoms with Gasteiger partial charge in [0, 0.05) is 6.42 Å². The third-order valence-corrected chi connectivity index (χ3v) is 4.63. The summed E-state index contributed by atoms with van der Waals surface area (Å²) in [7, 11) is 0. The second-order valence-electron chi connectivity index (χ2n) is 6.36. The van der Waals surface area contributed by atoms with Gasteiger partial charge in [-0.2, -0.15) is 0 Å². The van der Waals surface area contributed by atoms with E-state index in [9.17, 15) is 0 Å². The van der Waals surface area contributed by atoms with Crippen LogP contribution in [0.5, 0.6) is 0 Å². The van der Waals surface area contributed by atoms with Gasteiger partial charge in [0.1, 0.15) is 12.2 Å². The van der Waals surface area contributed by atoms with E-state index >= 15 is 0 Å². The molecule has 1 fully saturated rings. The Bertz CT molecular complexity index is 646. The van der Waals surface area contributed by atoms with Crippen LogP contribution in [-0.2, 0) is 9.47 Å². The molecule has 0 bridgehead atoms. The quantitative estimate of drug-likeness (QED) is 0.706. The number of allylic oxidation sites excluding steroid dienone is 4. The molecule has 24 heavy (non-hydrogen) atoms. The largest absolute Gasteiger partial charge is 0.342 e. The summed E-state index contributed by atoms with van der Waals surface area (Å²) in [6.45, 7) is 0. The summed E-state index contributed by atoms with van der Waals surface area (Å²) in [6.07, 6.45) is 10.5. The third kappa shape index (κ3) is 3.35. The summed E-state index contributed by atoms with van der Waals surface area (Å²) < 4.78 is 12.7. The van der Waals surface area contributed by atoms with Gasteiger partial charge in [0.05, 0.1) is 0 Å². The standard InChI is InChI=1S/C22H22O2/c1-4-10-17(11-5-1)16-20-23-21(18-12-6-2-7-13-18)22(24-20)19-14-8-3-9-15-19/h2-15,17,20-22H,1,16H2/t21-,22-/m0/s1. The summed E-state index contributed by atoms with van der Waals surface area (Å²) in [4.78, 5) is 0. The molecule has 0 spiro atoms. The fourth-order valence-corrected chi connectivity index (χ4v) is 3.43. The lowest BCUT2D eigenvalue weighted by Crippen LogP contribution is -2.13. The van der Waals surface area contributed by atoms with E-state index in [1.807, 2.05) is 12.1 Å². The number of rotatable bonds is 4. The van der Waals surface area contributed by atoms with E-state index in [-0.39, 0.29) is 18.5 Å². The highest BCUT2D eigenvalue weighted by Gasteiger charge is 2.38. The number of hydrogen-bond acceptors (Lipinski definition) is 2. The van der Waals surface area contributed by atoms with Gasteiger partial charge in [0.2, 0.25) is 0 Å². The van der Waals surface area contributed by atoms with Crippen LogP contribution in [0.3, 0.4) is 0 Å². The van der Waals surface area contributed by atoms with Crippen LogP contribution >= 0.6 is 0 Å². The first kappa shape index (κ1) is 15.4. The maximum atomic E-state index is 6.33. The second kappa shape index (κ2) is 7.16. The highest BCUT2D eigenvalue weighted by molar-refractivity contribution is 5.26. The molecule has 2 aliphatic rings. The molecule has 4 rings (SSSR count). The van der Waals surface area contributed by atoms with Crippen molar-refractivity contribution in [2.45, 2.75) is 31.3 Å². The molecule has 0 radical (unpaired) electrons. The average Bonchev–Trinajstić information content (AvgIpc) is 3.08. The number of hydrogen-bond donors (Lipinski definition) is 0. The van der Waals surface area contributed by atoms with E-state index in [2.05, 4.69) is 72.8 Å². The minimum absolute atomic E-state index is 0.0600. The highest BCUT2D eigenvalue weighted by Crippen LogP contribution is 2.44. The third-order valence-electron chi connectivity index (χ3n) is 4.63. The van der Waals surface area contributed by atoms with E-state index in [1.54, 1.807) is 0 Å². The van der Waals surface area contributed by atoms with Crippen LogP contribution in [0.4, 0.5) is 0 Å². The zero-order chi connectivity index (χ0) is 16.2. The molecule has 1 aliphatic heterocycles. The smallest absolute Gasteiger partial charge is 0.160 e. The van der Waals surface area contributed by atoms with Crippen LogP contribution in [0.15, 0.2) is 85.0 Å². The minimum Gasteiger partial charge on any atom is -0.342 e. The van der Waals surface area contributed by atoms with E-state index in [1.165, 1.54) is 11.1 Å². The van der Waals surface area contributed by atoms with Crippen molar-refractivity contribution in [3.8, 4) is 0 Å². The zero-order valence-corrected chi connectivity index (χ0v) is 13.6. The fourth-order valence-electron chi connectivity index (χ4n) is 3.43. The molecule has 2 aromatic rings. The lowest BCUT2D eigenvalue weighted by molar-refractivity contribution is -0.0748. The fraction of sp³-hybridized carbons (Fsp3) is 0.273. The predicted molar refractivity (Wildman–Crippen MR) is 95.3 cm³/mol. The normalized spacial score (nSPS) is 24.5. The molecule has 1 heterocycles. The van der Waals surface area contributed by atoms with Crippen molar-refractivity contribution in [3.05, 3.63) is 96.1 Å². The van der Waals surface area contributed by atoms with Gasteiger partial charge in [-0.15, -0.1) is 0 Å². The van der Waals surface area contributed by atoms with Gasteiger partial charge < -0.3 is 9.47 Å². The van der Waals surface area contributed by atoms with Crippen LogP contribution in [0, 0.1) is 5.92 Å². The van der Waals surface area contributed by atoms with Crippen molar-refractivity contribution in [1.82, 2.24) is 0 Å². The first-order valence-electron chi connectivity index (χ1n) is 8.64. The topological polar surface area (TPSA) is 18.5 Å². The molecule has 2 heteroatoms. The summed E-state index contributed by atoms with van der Waals surface area (Å²) in [5, 5.41) is 0. The predicted octanol–water partition coefficient (Wildman–Crippen LogP) is 5.36. The van der Waals surface area contributed by atoms with Crippen molar-refractivity contribution in [1.29, 1.82) is 0 Å². The van der Waals surface area contributed by atoms with E-state index in [0.29, 0.717) is 5.92 Å². The Morgan fingerprint density at radius 1 is 0.708 bits per heavy atom. The molecule has 0 amide bonds. The Labute approximate surface area is 143 Å². The van der Waals surface area contributed by atoms with Crippen LogP contribution < -0.4 is 0 Å². The molecule has 1 aliphatic carbocycles. The molecular formula is C22H22O2. The van der Waals surface area contributed by atoms with Gasteiger partial charge in [-0.05, 0) is 23.5 Å². The molecule has 0 N–H and O–H groups in total. The molecule has 2 aromatic carbocycles. The first-order valence-corrected chi connectivity index (χ1v) is 8.64. The Kier molecular flexibility index (Phi) is 4.59. The zero-order valence-electron chi connectivity index (χ0n) is 13.6. The lowest BCUT2D eigenvalue weighted by Gasteiger charge is -2.17. The SMILES string of the molecule is C1=CC(CC2O[C@@H](c3ccccc3)[C@H](c3ccccc3)O2)C=CC1. The van der Waals surface area contributed by atoms with E-state index in [0.717, 1.165) is 12.8 Å². The van der Waals surface area contributed by atoms with Crippen molar-refractivity contribution < 1.29 is 9.47 Å². The van der Waals surface area contributed by atoms with Crippen LogP contribution in [0.1, 0.15) is 36.2 Å².